The van der Waals surface area contributed by atoms with Crippen LogP contribution in [0.2, 0.25) is 5.04 Å². The number of benzene rings is 2. The highest BCUT2D eigenvalue weighted by Gasteiger charge is 2.50. The lowest BCUT2D eigenvalue weighted by Crippen LogP contribution is -2.66. The predicted molar refractivity (Wildman–Crippen MR) is 143 cm³/mol. The van der Waals surface area contributed by atoms with Crippen LogP contribution in [-0.2, 0) is 23.4 Å². The van der Waals surface area contributed by atoms with Crippen molar-refractivity contribution in [3.63, 3.8) is 0 Å². The third-order valence-electron chi connectivity index (χ3n) is 6.43. The monoisotopic (exact) mass is 496 g/mol. The van der Waals surface area contributed by atoms with Gasteiger partial charge in [-0.3, -0.25) is 4.79 Å². The molecule has 0 bridgehead atoms. The first kappa shape index (κ1) is 28.8. The summed E-state index contributed by atoms with van der Waals surface area (Å²) in [5.41, 5.74) is -0.954. The Hall–Kier alpha value is -2.43. The summed E-state index contributed by atoms with van der Waals surface area (Å²) in [6, 6.07) is 21.0. The fourth-order valence-corrected chi connectivity index (χ4v) is 9.48. The van der Waals surface area contributed by atoms with Gasteiger partial charge >= 0.3 is 5.97 Å². The maximum absolute atomic E-state index is 12.4. The fraction of sp³-hybridized carbons (Fsp3) is 0.483. The van der Waals surface area contributed by atoms with Crippen molar-refractivity contribution < 1.29 is 23.4 Å². The number of hydrogen-bond donors (Lipinski definition) is 0. The van der Waals surface area contributed by atoms with Crippen LogP contribution in [0.4, 0.5) is 0 Å². The van der Waals surface area contributed by atoms with Gasteiger partial charge in [0, 0.05) is 20.8 Å². The molecule has 6 heteroatoms. The molecule has 2 aromatic rings. The molecule has 0 heterocycles. The summed E-state index contributed by atoms with van der Waals surface area (Å²) >= 11 is 0. The van der Waals surface area contributed by atoms with Crippen LogP contribution in [0.5, 0.6) is 0 Å². The lowest BCUT2D eigenvalue weighted by molar-refractivity contribution is -0.175. The van der Waals surface area contributed by atoms with Gasteiger partial charge in [0.25, 0.3) is 8.32 Å². The van der Waals surface area contributed by atoms with E-state index >= 15 is 0 Å². The molecule has 0 spiro atoms. The maximum Gasteiger partial charge on any atom is 0.307 e. The quantitative estimate of drug-likeness (QED) is 0.134. The number of methoxy groups -OCH3 is 2. The van der Waals surface area contributed by atoms with E-state index in [0.717, 1.165) is 0 Å². The Morgan fingerprint density at radius 1 is 0.971 bits per heavy atom. The van der Waals surface area contributed by atoms with Gasteiger partial charge in [-0.15, -0.1) is 6.42 Å². The lowest BCUT2D eigenvalue weighted by Gasteiger charge is -2.43. The van der Waals surface area contributed by atoms with E-state index in [2.05, 4.69) is 75.2 Å². The van der Waals surface area contributed by atoms with Gasteiger partial charge in [0.2, 0.25) is 0 Å². The Kier molecular flexibility index (Phi) is 10.7. The SMILES string of the molecule is C#C[C@@](CCCO[Si](c1ccccc1)(c1ccccc1)C(C)(C)C)(CC(=O)OCC)C(OC)OC. The summed E-state index contributed by atoms with van der Waals surface area (Å²) in [5, 5.41) is 2.33. The van der Waals surface area contributed by atoms with Crippen LogP contribution in [-0.4, -0.2) is 48.0 Å². The standard InChI is InChI=1S/C29H40O5Si/c1-8-29(27(31-6)32-7,23-26(30)33-9-2)21-16-22-34-35(28(3,4)5,24-17-12-10-13-18-24)25-19-14-11-15-20-25/h1,10-15,17-20,27H,9,16,21-23H2,2-7H3/t29-/m1/s1. The molecule has 0 aliphatic heterocycles. The molecule has 0 aliphatic rings. The predicted octanol–water partition coefficient (Wildman–Crippen LogP) is 4.53. The summed E-state index contributed by atoms with van der Waals surface area (Å²) in [7, 11) is 0.414. The molecule has 1 atom stereocenters. The van der Waals surface area contributed by atoms with Gasteiger partial charge in [0.15, 0.2) is 6.29 Å². The van der Waals surface area contributed by atoms with Crippen molar-refractivity contribution in [2.45, 2.75) is 58.3 Å². The van der Waals surface area contributed by atoms with Gasteiger partial charge in [-0.1, -0.05) is 87.4 Å². The minimum absolute atomic E-state index is 0.0168. The minimum atomic E-state index is -2.65. The van der Waals surface area contributed by atoms with Gasteiger partial charge in [-0.2, -0.15) is 0 Å². The van der Waals surface area contributed by atoms with E-state index in [1.807, 2.05) is 12.1 Å². The Bertz CT molecular complexity index is 905. The van der Waals surface area contributed by atoms with Crippen LogP contribution in [0.1, 0.15) is 47.0 Å². The lowest BCUT2D eigenvalue weighted by atomic mass is 9.80. The van der Waals surface area contributed by atoms with Crippen LogP contribution < -0.4 is 10.4 Å². The Morgan fingerprint density at radius 2 is 1.49 bits per heavy atom. The topological polar surface area (TPSA) is 54.0 Å². The summed E-state index contributed by atoms with van der Waals surface area (Å²) in [6.07, 6.45) is 6.39. The van der Waals surface area contributed by atoms with Gasteiger partial charge < -0.3 is 18.6 Å². The van der Waals surface area contributed by atoms with Crippen molar-refractivity contribution in [1.29, 1.82) is 0 Å². The smallest absolute Gasteiger partial charge is 0.307 e. The van der Waals surface area contributed by atoms with E-state index in [9.17, 15) is 4.79 Å². The van der Waals surface area contributed by atoms with E-state index in [1.165, 1.54) is 24.6 Å². The van der Waals surface area contributed by atoms with Crippen molar-refractivity contribution in [2.75, 3.05) is 27.4 Å². The molecule has 0 N–H and O–H groups in total. The highest BCUT2D eigenvalue weighted by atomic mass is 28.4. The highest BCUT2D eigenvalue weighted by Crippen LogP contribution is 2.38. The second-order valence-corrected chi connectivity index (χ2v) is 14.0. The van der Waals surface area contributed by atoms with Crippen molar-refractivity contribution in [3.8, 4) is 12.3 Å². The summed E-state index contributed by atoms with van der Waals surface area (Å²) in [5.74, 6) is 2.44. The number of carbonyl (C=O) groups is 1. The molecule has 2 rings (SSSR count). The zero-order valence-electron chi connectivity index (χ0n) is 22.0. The molecule has 35 heavy (non-hydrogen) atoms. The third kappa shape index (κ3) is 6.62. The zero-order chi connectivity index (χ0) is 26.0. The summed E-state index contributed by atoms with van der Waals surface area (Å²) in [4.78, 5) is 12.4. The zero-order valence-corrected chi connectivity index (χ0v) is 23.0. The number of hydrogen-bond acceptors (Lipinski definition) is 5. The number of carbonyl (C=O) groups excluding carboxylic acids is 1. The van der Waals surface area contributed by atoms with E-state index in [1.54, 1.807) is 6.92 Å². The number of esters is 1. The molecule has 0 fully saturated rings. The minimum Gasteiger partial charge on any atom is -0.466 e. The molecule has 0 saturated carbocycles. The molecule has 0 radical (unpaired) electrons. The summed E-state index contributed by atoms with van der Waals surface area (Å²) in [6.45, 7) is 9.30. The van der Waals surface area contributed by atoms with Crippen molar-refractivity contribution in [2.24, 2.45) is 5.41 Å². The van der Waals surface area contributed by atoms with E-state index in [4.69, 9.17) is 25.1 Å². The van der Waals surface area contributed by atoms with Crippen LogP contribution in [0.15, 0.2) is 60.7 Å². The molecule has 2 aromatic carbocycles. The van der Waals surface area contributed by atoms with E-state index in [0.29, 0.717) is 26.1 Å². The van der Waals surface area contributed by atoms with Crippen LogP contribution in [0.3, 0.4) is 0 Å². The number of ether oxygens (including phenoxy) is 3. The summed E-state index contributed by atoms with van der Waals surface area (Å²) < 4.78 is 23.2. The molecule has 190 valence electrons. The van der Waals surface area contributed by atoms with Crippen LogP contribution >= 0.6 is 0 Å². The van der Waals surface area contributed by atoms with Gasteiger partial charge in [0.05, 0.1) is 18.4 Å². The second-order valence-electron chi connectivity index (χ2n) is 9.70. The molecular weight excluding hydrogens is 456 g/mol. The Labute approximate surface area is 212 Å². The second kappa shape index (κ2) is 13.0. The van der Waals surface area contributed by atoms with Crippen LogP contribution in [0, 0.1) is 17.8 Å². The molecule has 5 nitrogen and oxygen atoms in total. The number of rotatable bonds is 13. The van der Waals surface area contributed by atoms with E-state index in [-0.39, 0.29) is 17.4 Å². The van der Waals surface area contributed by atoms with Crippen molar-refractivity contribution in [3.05, 3.63) is 60.7 Å². The average molecular weight is 497 g/mol. The first-order chi connectivity index (χ1) is 16.7. The third-order valence-corrected chi connectivity index (χ3v) is 11.5. The largest absolute Gasteiger partial charge is 0.466 e. The maximum atomic E-state index is 12.4. The van der Waals surface area contributed by atoms with E-state index < -0.39 is 20.0 Å². The average Bonchev–Trinajstić information content (AvgIpc) is 2.85. The molecule has 0 aromatic heterocycles. The molecular formula is C29H40O5Si. The molecule has 0 saturated heterocycles. The Morgan fingerprint density at radius 3 is 1.89 bits per heavy atom. The first-order valence-corrected chi connectivity index (χ1v) is 14.1. The van der Waals surface area contributed by atoms with Crippen molar-refractivity contribution >= 4 is 24.7 Å². The molecule has 0 amide bonds. The Balaban J connectivity index is 2.36. The normalized spacial score (nSPS) is 13.8. The van der Waals surface area contributed by atoms with Crippen LogP contribution in [0.25, 0.3) is 0 Å². The van der Waals surface area contributed by atoms with Gasteiger partial charge in [0.1, 0.15) is 0 Å². The highest BCUT2D eigenvalue weighted by molar-refractivity contribution is 6.99. The fourth-order valence-electron chi connectivity index (χ4n) is 4.87. The first-order valence-electron chi connectivity index (χ1n) is 12.1. The number of terminal acetylenes is 1. The van der Waals surface area contributed by atoms with Gasteiger partial charge in [-0.05, 0) is 35.2 Å². The van der Waals surface area contributed by atoms with Crippen molar-refractivity contribution in [1.82, 2.24) is 0 Å². The van der Waals surface area contributed by atoms with Gasteiger partial charge in [-0.25, -0.2) is 0 Å². The molecule has 0 unspecified atom stereocenters. The molecule has 0 aliphatic carbocycles.